The molecule has 3 rings (SSSR count). The van der Waals surface area contributed by atoms with E-state index in [0.717, 1.165) is 37.9 Å². The van der Waals surface area contributed by atoms with Gasteiger partial charge in [0.05, 0.1) is 0 Å². The Kier molecular flexibility index (Phi) is 5.30. The average molecular weight is 343 g/mol. The molecule has 2 fully saturated rings. The molecule has 1 aromatic rings. The minimum atomic E-state index is 0.0299. The number of nitrogens with zero attached hydrogens (tertiary/aromatic N) is 2. The minimum Gasteiger partial charge on any atom is -0.399 e. The van der Waals surface area contributed by atoms with Gasteiger partial charge in [0.15, 0.2) is 0 Å². The second kappa shape index (κ2) is 7.46. The number of hydrogen-bond acceptors (Lipinski definition) is 3. The summed E-state index contributed by atoms with van der Waals surface area (Å²) in [6.07, 6.45) is 3.85. The van der Waals surface area contributed by atoms with Gasteiger partial charge in [0.2, 0.25) is 5.91 Å². The lowest BCUT2D eigenvalue weighted by Crippen LogP contribution is -2.47. The lowest BCUT2D eigenvalue weighted by atomic mass is 9.92. The van der Waals surface area contributed by atoms with Gasteiger partial charge in [-0.15, -0.1) is 0 Å². The number of nitrogens with two attached hydrogens (primary N) is 1. The quantitative estimate of drug-likeness (QED) is 0.840. The van der Waals surface area contributed by atoms with Crippen LogP contribution in [0.2, 0.25) is 0 Å². The third-order valence-electron chi connectivity index (χ3n) is 5.59. The Labute approximate surface area is 150 Å². The molecule has 2 saturated heterocycles. The molecule has 5 nitrogen and oxygen atoms in total. The van der Waals surface area contributed by atoms with E-state index in [1.54, 1.807) is 6.07 Å². The highest BCUT2D eigenvalue weighted by Gasteiger charge is 2.32. The van der Waals surface area contributed by atoms with Gasteiger partial charge < -0.3 is 15.5 Å². The summed E-state index contributed by atoms with van der Waals surface area (Å²) in [5, 5.41) is 0. The van der Waals surface area contributed by atoms with E-state index in [1.165, 1.54) is 6.42 Å². The molecule has 0 aliphatic carbocycles. The first-order chi connectivity index (χ1) is 12.0. The predicted octanol–water partition coefficient (Wildman–Crippen LogP) is 2.69. The topological polar surface area (TPSA) is 66.6 Å². The van der Waals surface area contributed by atoms with Crippen LogP contribution in [0, 0.1) is 18.8 Å². The van der Waals surface area contributed by atoms with Gasteiger partial charge in [-0.3, -0.25) is 9.59 Å². The fraction of sp³-hybridized carbons (Fsp3) is 0.600. The summed E-state index contributed by atoms with van der Waals surface area (Å²) in [5.74, 6) is 0.989. The summed E-state index contributed by atoms with van der Waals surface area (Å²) in [4.78, 5) is 29.4. The number of carbonyl (C=O) groups is 2. The summed E-state index contributed by atoms with van der Waals surface area (Å²) in [6.45, 7) is 7.22. The van der Waals surface area contributed by atoms with Gasteiger partial charge >= 0.3 is 0 Å². The molecule has 2 N–H and O–H groups in total. The molecule has 2 heterocycles. The van der Waals surface area contributed by atoms with Gasteiger partial charge in [0.25, 0.3) is 5.91 Å². The van der Waals surface area contributed by atoms with Crippen LogP contribution in [-0.2, 0) is 4.79 Å². The average Bonchev–Trinajstić information content (AvgIpc) is 2.62. The molecule has 2 aliphatic rings. The fourth-order valence-corrected chi connectivity index (χ4v) is 4.02. The Bertz CT molecular complexity index is 650. The van der Waals surface area contributed by atoms with E-state index in [-0.39, 0.29) is 11.8 Å². The third-order valence-corrected chi connectivity index (χ3v) is 5.59. The Balaban J connectivity index is 1.59. The molecular formula is C20H29N3O2. The highest BCUT2D eigenvalue weighted by Crippen LogP contribution is 2.25. The van der Waals surface area contributed by atoms with Crippen LogP contribution in [-0.4, -0.2) is 47.8 Å². The largest absolute Gasteiger partial charge is 0.399 e. The second-order valence-corrected chi connectivity index (χ2v) is 7.67. The van der Waals surface area contributed by atoms with Crippen LogP contribution >= 0.6 is 0 Å². The van der Waals surface area contributed by atoms with E-state index in [1.807, 2.05) is 28.9 Å². The van der Waals surface area contributed by atoms with Crippen molar-refractivity contribution in [2.45, 2.75) is 39.5 Å². The number of benzene rings is 1. The van der Waals surface area contributed by atoms with E-state index < -0.39 is 0 Å². The van der Waals surface area contributed by atoms with Gasteiger partial charge in [-0.25, -0.2) is 0 Å². The van der Waals surface area contributed by atoms with Crippen molar-refractivity contribution in [1.82, 2.24) is 9.80 Å². The zero-order valence-corrected chi connectivity index (χ0v) is 15.3. The van der Waals surface area contributed by atoms with Crippen molar-refractivity contribution in [2.24, 2.45) is 11.8 Å². The molecule has 1 unspecified atom stereocenters. The van der Waals surface area contributed by atoms with Crippen molar-refractivity contribution in [2.75, 3.05) is 31.9 Å². The zero-order valence-electron chi connectivity index (χ0n) is 15.3. The summed E-state index contributed by atoms with van der Waals surface area (Å²) < 4.78 is 0. The number of likely N-dealkylation sites (tertiary alicyclic amines) is 2. The minimum absolute atomic E-state index is 0.0299. The van der Waals surface area contributed by atoms with E-state index in [9.17, 15) is 9.59 Å². The molecule has 1 atom stereocenters. The summed E-state index contributed by atoms with van der Waals surface area (Å²) in [5.41, 5.74) is 8.06. The number of hydrogen-bond donors (Lipinski definition) is 1. The normalized spacial score (nSPS) is 22.1. The van der Waals surface area contributed by atoms with Crippen molar-refractivity contribution in [3.8, 4) is 0 Å². The standard InChI is InChI=1S/C20H29N3O2/c1-14-4-3-9-23(13-14)19(24)16-7-10-22(11-8-16)20(25)18-12-17(21)6-5-15(18)2/h5-6,12,14,16H,3-4,7-11,13,21H2,1-2H3. The molecule has 0 aromatic heterocycles. The first-order valence-corrected chi connectivity index (χ1v) is 9.40. The molecular weight excluding hydrogens is 314 g/mol. The second-order valence-electron chi connectivity index (χ2n) is 7.67. The highest BCUT2D eigenvalue weighted by molar-refractivity contribution is 5.96. The van der Waals surface area contributed by atoms with Gasteiger partial charge in [0, 0.05) is 43.3 Å². The monoisotopic (exact) mass is 343 g/mol. The van der Waals surface area contributed by atoms with Crippen LogP contribution in [0.1, 0.15) is 48.5 Å². The summed E-state index contributed by atoms with van der Waals surface area (Å²) in [7, 11) is 0. The molecule has 0 saturated carbocycles. The Morgan fingerprint density at radius 3 is 2.48 bits per heavy atom. The highest BCUT2D eigenvalue weighted by atomic mass is 16.2. The zero-order chi connectivity index (χ0) is 18.0. The van der Waals surface area contributed by atoms with Crippen molar-refractivity contribution in [3.05, 3.63) is 29.3 Å². The number of anilines is 1. The molecule has 25 heavy (non-hydrogen) atoms. The number of carbonyl (C=O) groups excluding carboxylic acids is 2. The Morgan fingerprint density at radius 1 is 1.08 bits per heavy atom. The smallest absolute Gasteiger partial charge is 0.254 e. The molecule has 2 amide bonds. The third kappa shape index (κ3) is 3.97. The van der Waals surface area contributed by atoms with Crippen molar-refractivity contribution in [1.29, 1.82) is 0 Å². The fourth-order valence-electron chi connectivity index (χ4n) is 4.02. The van der Waals surface area contributed by atoms with Crippen LogP contribution in [0.3, 0.4) is 0 Å². The van der Waals surface area contributed by atoms with E-state index in [2.05, 4.69) is 6.92 Å². The van der Waals surface area contributed by atoms with E-state index in [0.29, 0.717) is 36.2 Å². The van der Waals surface area contributed by atoms with Gasteiger partial charge in [-0.05, 0) is 56.2 Å². The number of nitrogen functional groups attached to an aromatic ring is 1. The van der Waals surface area contributed by atoms with Crippen LogP contribution in [0.5, 0.6) is 0 Å². The van der Waals surface area contributed by atoms with E-state index >= 15 is 0 Å². The number of amides is 2. The lowest BCUT2D eigenvalue weighted by Gasteiger charge is -2.37. The van der Waals surface area contributed by atoms with Crippen molar-refractivity contribution < 1.29 is 9.59 Å². The van der Waals surface area contributed by atoms with Gasteiger partial charge in [-0.1, -0.05) is 13.0 Å². The SMILES string of the molecule is Cc1ccc(N)cc1C(=O)N1CCC(C(=O)N2CCCC(C)C2)CC1. The number of rotatable bonds is 2. The summed E-state index contributed by atoms with van der Waals surface area (Å²) >= 11 is 0. The first kappa shape index (κ1) is 17.8. The van der Waals surface area contributed by atoms with Crippen LogP contribution in [0.25, 0.3) is 0 Å². The molecule has 1 aromatic carbocycles. The summed E-state index contributed by atoms with van der Waals surface area (Å²) in [6, 6.07) is 5.46. The van der Waals surface area contributed by atoms with Crippen LogP contribution in [0.15, 0.2) is 18.2 Å². The molecule has 136 valence electrons. The molecule has 0 spiro atoms. The maximum absolute atomic E-state index is 12.8. The maximum atomic E-state index is 12.8. The molecule has 2 aliphatic heterocycles. The van der Waals surface area contributed by atoms with Crippen molar-refractivity contribution in [3.63, 3.8) is 0 Å². The Hall–Kier alpha value is -2.04. The lowest BCUT2D eigenvalue weighted by molar-refractivity contribution is -0.138. The first-order valence-electron chi connectivity index (χ1n) is 9.40. The molecule has 5 heteroatoms. The van der Waals surface area contributed by atoms with Gasteiger partial charge in [-0.2, -0.15) is 0 Å². The number of aryl methyl sites for hydroxylation is 1. The molecule has 0 bridgehead atoms. The van der Waals surface area contributed by atoms with Crippen LogP contribution in [0.4, 0.5) is 5.69 Å². The van der Waals surface area contributed by atoms with E-state index in [4.69, 9.17) is 5.73 Å². The van der Waals surface area contributed by atoms with Crippen molar-refractivity contribution >= 4 is 17.5 Å². The predicted molar refractivity (Wildman–Crippen MR) is 99.2 cm³/mol. The van der Waals surface area contributed by atoms with Crippen LogP contribution < -0.4 is 5.73 Å². The van der Waals surface area contributed by atoms with Gasteiger partial charge in [0.1, 0.15) is 0 Å². The molecule has 0 radical (unpaired) electrons. The number of piperidine rings is 2. The maximum Gasteiger partial charge on any atom is 0.254 e. The Morgan fingerprint density at radius 2 is 1.80 bits per heavy atom.